The molecule has 0 heterocycles. The van der Waals surface area contributed by atoms with Gasteiger partial charge in [0.25, 0.3) is 0 Å². The van der Waals surface area contributed by atoms with Gasteiger partial charge in [0.05, 0.1) is 21.4 Å². The van der Waals surface area contributed by atoms with Crippen molar-refractivity contribution in [2.45, 2.75) is 6.92 Å². The van der Waals surface area contributed by atoms with Crippen molar-refractivity contribution < 1.29 is 0 Å². The van der Waals surface area contributed by atoms with Crippen LogP contribution in [0.5, 0.6) is 0 Å². The van der Waals surface area contributed by atoms with Crippen molar-refractivity contribution in [1.29, 1.82) is 0 Å². The van der Waals surface area contributed by atoms with Crippen LogP contribution < -0.4 is 22.9 Å². The smallest absolute Gasteiger partial charge is 0.0656 e. The SMILES string of the molecule is Cc1cc(N)c(Cl)cc1N.Nc1ccc(Cl)c(N)c1. The standard InChI is InChI=1S/C7H9ClN2.C6H7ClN2/c1-4-2-7(10)5(8)3-6(4)9;7-5-2-1-4(8)3-6(5)9/h2-3H,9-10H2,1H3;1-3H,8-9H2. The molecular formula is C13H16Cl2N4. The molecule has 0 fully saturated rings. The van der Waals surface area contributed by atoms with Crippen molar-refractivity contribution in [3.8, 4) is 0 Å². The second kappa shape index (κ2) is 6.41. The molecule has 0 bridgehead atoms. The van der Waals surface area contributed by atoms with E-state index >= 15 is 0 Å². The molecule has 0 aromatic heterocycles. The van der Waals surface area contributed by atoms with Crippen molar-refractivity contribution in [3.05, 3.63) is 45.9 Å². The Hall–Kier alpha value is -1.78. The van der Waals surface area contributed by atoms with E-state index in [0.29, 0.717) is 32.8 Å². The molecule has 2 aromatic carbocycles. The van der Waals surface area contributed by atoms with Crippen LogP contribution in [-0.2, 0) is 0 Å². The first-order valence-electron chi connectivity index (χ1n) is 5.43. The van der Waals surface area contributed by atoms with Crippen LogP contribution in [0.3, 0.4) is 0 Å². The van der Waals surface area contributed by atoms with Crippen LogP contribution in [-0.4, -0.2) is 0 Å². The summed E-state index contributed by atoms with van der Waals surface area (Å²) in [4.78, 5) is 0. The van der Waals surface area contributed by atoms with E-state index in [2.05, 4.69) is 0 Å². The number of hydrogen-bond acceptors (Lipinski definition) is 4. The molecule has 0 unspecified atom stereocenters. The van der Waals surface area contributed by atoms with Crippen LogP contribution in [0.4, 0.5) is 22.7 Å². The van der Waals surface area contributed by atoms with Gasteiger partial charge < -0.3 is 22.9 Å². The van der Waals surface area contributed by atoms with Gasteiger partial charge in [-0.2, -0.15) is 0 Å². The fourth-order valence-electron chi connectivity index (χ4n) is 1.28. The lowest BCUT2D eigenvalue weighted by Gasteiger charge is -2.02. The molecule has 102 valence electrons. The Kier molecular flexibility index (Phi) is 5.15. The third kappa shape index (κ3) is 4.43. The van der Waals surface area contributed by atoms with Gasteiger partial charge in [0, 0.05) is 11.4 Å². The van der Waals surface area contributed by atoms with Gasteiger partial charge in [-0.3, -0.25) is 0 Å². The van der Waals surface area contributed by atoms with Crippen LogP contribution in [0.2, 0.25) is 10.0 Å². The van der Waals surface area contributed by atoms with Crippen LogP contribution in [0.15, 0.2) is 30.3 Å². The lowest BCUT2D eigenvalue weighted by Crippen LogP contribution is -1.93. The number of aryl methyl sites for hydroxylation is 1. The van der Waals surface area contributed by atoms with Crippen LogP contribution in [0.25, 0.3) is 0 Å². The summed E-state index contributed by atoms with van der Waals surface area (Å²) in [6.07, 6.45) is 0. The summed E-state index contributed by atoms with van der Waals surface area (Å²) in [5.74, 6) is 0. The molecule has 2 rings (SSSR count). The van der Waals surface area contributed by atoms with E-state index in [1.165, 1.54) is 0 Å². The summed E-state index contributed by atoms with van der Waals surface area (Å²) < 4.78 is 0. The Labute approximate surface area is 122 Å². The maximum Gasteiger partial charge on any atom is 0.0656 e. The summed E-state index contributed by atoms with van der Waals surface area (Å²) in [6.45, 7) is 1.89. The van der Waals surface area contributed by atoms with Gasteiger partial charge >= 0.3 is 0 Å². The molecule has 0 amide bonds. The molecule has 0 saturated carbocycles. The number of benzene rings is 2. The number of halogens is 2. The molecule has 19 heavy (non-hydrogen) atoms. The zero-order valence-electron chi connectivity index (χ0n) is 10.5. The maximum absolute atomic E-state index is 5.68. The Morgan fingerprint density at radius 1 is 0.737 bits per heavy atom. The molecule has 0 aliphatic rings. The average molecular weight is 299 g/mol. The Morgan fingerprint density at radius 3 is 1.79 bits per heavy atom. The van der Waals surface area contributed by atoms with Gasteiger partial charge in [-0.1, -0.05) is 23.2 Å². The van der Waals surface area contributed by atoms with E-state index in [1.54, 1.807) is 30.3 Å². The first kappa shape index (κ1) is 15.3. The van der Waals surface area contributed by atoms with E-state index in [4.69, 9.17) is 46.1 Å². The highest BCUT2D eigenvalue weighted by molar-refractivity contribution is 6.33. The van der Waals surface area contributed by atoms with Crippen LogP contribution in [0, 0.1) is 6.92 Å². The monoisotopic (exact) mass is 298 g/mol. The van der Waals surface area contributed by atoms with E-state index < -0.39 is 0 Å². The predicted molar refractivity (Wildman–Crippen MR) is 85.3 cm³/mol. The lowest BCUT2D eigenvalue weighted by atomic mass is 10.2. The zero-order valence-corrected chi connectivity index (χ0v) is 12.0. The summed E-state index contributed by atoms with van der Waals surface area (Å²) in [5, 5.41) is 1.06. The zero-order chi connectivity index (χ0) is 14.6. The van der Waals surface area contributed by atoms with Crippen molar-refractivity contribution in [1.82, 2.24) is 0 Å². The normalized spacial score (nSPS) is 9.63. The van der Waals surface area contributed by atoms with Crippen molar-refractivity contribution in [2.75, 3.05) is 22.9 Å². The van der Waals surface area contributed by atoms with Gasteiger partial charge in [-0.15, -0.1) is 0 Å². The lowest BCUT2D eigenvalue weighted by molar-refractivity contribution is 1.47. The Balaban J connectivity index is 0.000000191. The minimum absolute atomic E-state index is 0.517. The second-order valence-electron chi connectivity index (χ2n) is 4.01. The summed E-state index contributed by atoms with van der Waals surface area (Å²) >= 11 is 11.3. The van der Waals surface area contributed by atoms with Crippen molar-refractivity contribution >= 4 is 46.0 Å². The summed E-state index contributed by atoms with van der Waals surface area (Å²) in [6, 6.07) is 8.43. The maximum atomic E-state index is 5.68. The number of rotatable bonds is 0. The Bertz CT molecular complexity index is 535. The molecule has 6 heteroatoms. The van der Waals surface area contributed by atoms with Gasteiger partial charge in [0.15, 0.2) is 0 Å². The molecule has 0 spiro atoms. The molecule has 4 nitrogen and oxygen atoms in total. The third-order valence-corrected chi connectivity index (χ3v) is 3.08. The minimum Gasteiger partial charge on any atom is -0.399 e. The number of nitrogens with two attached hydrogens (primary N) is 4. The molecule has 0 aliphatic heterocycles. The summed E-state index contributed by atoms with van der Waals surface area (Å²) in [7, 11) is 0. The van der Waals surface area contributed by atoms with Gasteiger partial charge in [0.2, 0.25) is 0 Å². The van der Waals surface area contributed by atoms with Gasteiger partial charge in [0.1, 0.15) is 0 Å². The highest BCUT2D eigenvalue weighted by Gasteiger charge is 1.98. The van der Waals surface area contributed by atoms with Gasteiger partial charge in [-0.05, 0) is 42.8 Å². The molecule has 2 aromatic rings. The van der Waals surface area contributed by atoms with Crippen LogP contribution in [0.1, 0.15) is 5.56 Å². The highest BCUT2D eigenvalue weighted by atomic mass is 35.5. The van der Waals surface area contributed by atoms with E-state index in [-0.39, 0.29) is 0 Å². The van der Waals surface area contributed by atoms with E-state index in [9.17, 15) is 0 Å². The summed E-state index contributed by atoms with van der Waals surface area (Å²) in [5.41, 5.74) is 25.2. The molecular weight excluding hydrogens is 283 g/mol. The second-order valence-corrected chi connectivity index (χ2v) is 4.83. The molecule has 0 radical (unpaired) electrons. The fourth-order valence-corrected chi connectivity index (χ4v) is 1.57. The molecule has 0 atom stereocenters. The first-order valence-corrected chi connectivity index (χ1v) is 6.18. The number of anilines is 4. The van der Waals surface area contributed by atoms with Crippen molar-refractivity contribution in [3.63, 3.8) is 0 Å². The third-order valence-electron chi connectivity index (χ3n) is 2.41. The molecule has 0 aliphatic carbocycles. The average Bonchev–Trinajstić information content (AvgIpc) is 2.33. The molecule has 8 N–H and O–H groups in total. The van der Waals surface area contributed by atoms with Crippen molar-refractivity contribution in [2.24, 2.45) is 0 Å². The van der Waals surface area contributed by atoms with Gasteiger partial charge in [-0.25, -0.2) is 0 Å². The fraction of sp³-hybridized carbons (Fsp3) is 0.0769. The first-order chi connectivity index (χ1) is 8.81. The van der Waals surface area contributed by atoms with E-state index in [1.807, 2.05) is 6.92 Å². The largest absolute Gasteiger partial charge is 0.399 e. The minimum atomic E-state index is 0.517. The Morgan fingerprint density at radius 2 is 1.32 bits per heavy atom. The predicted octanol–water partition coefficient (Wildman–Crippen LogP) is 3.32. The highest BCUT2D eigenvalue weighted by Crippen LogP contribution is 2.24. The number of nitrogen functional groups attached to an aromatic ring is 4. The number of hydrogen-bond donors (Lipinski definition) is 4. The quantitative estimate of drug-likeness (QED) is 0.560. The topological polar surface area (TPSA) is 104 Å². The molecule has 0 saturated heterocycles. The van der Waals surface area contributed by atoms with Crippen LogP contribution >= 0.6 is 23.2 Å². The van der Waals surface area contributed by atoms with E-state index in [0.717, 1.165) is 5.56 Å².